The summed E-state index contributed by atoms with van der Waals surface area (Å²) in [6, 6.07) is -0.583. The third-order valence-corrected chi connectivity index (χ3v) is 0. The fourth-order valence-corrected chi connectivity index (χ4v) is 0. The minimum atomic E-state index is -10.7. The Morgan fingerprint density at radius 1 is 1.08 bits per heavy atom. The van der Waals surface area contributed by atoms with Crippen LogP contribution in [0.1, 0.15) is 0 Å². The fourth-order valence-electron chi connectivity index (χ4n) is 0. The van der Waals surface area contributed by atoms with Crippen molar-refractivity contribution in [3.63, 3.8) is 0 Å². The van der Waals surface area contributed by atoms with Crippen molar-refractivity contribution >= 4 is 13.8 Å². The molecule has 0 aromatic rings. The molecule has 3 nitrogen and oxygen atoms in total. The number of aliphatic hydroxyl groups is 1. The molecule has 0 saturated carbocycles. The van der Waals surface area contributed by atoms with Gasteiger partial charge in [-0.2, -0.15) is 0 Å². The maximum atomic E-state index is 9.87. The van der Waals surface area contributed by atoms with Gasteiger partial charge in [-0.1, -0.05) is 0 Å². The number of rotatable bonds is 0. The van der Waals surface area contributed by atoms with Gasteiger partial charge in [0.25, 0.3) is 0 Å². The molecule has 0 atom stereocenters. The number of halogens is 7. The smallest absolute Gasteiger partial charge is 0.435 e. The van der Waals surface area contributed by atoms with Crippen LogP contribution < -0.4 is 23.5 Å². The van der Waals surface area contributed by atoms with Gasteiger partial charge in [0.1, 0.15) is 0 Å². The molecule has 0 fully saturated rings. The van der Waals surface area contributed by atoms with Crippen molar-refractivity contribution in [1.82, 2.24) is 0 Å². The van der Waals surface area contributed by atoms with Crippen molar-refractivity contribution < 1.29 is 48.1 Å². The Kier molecular flexibility index (Phi) is 4.60. The zero-order valence-electron chi connectivity index (χ0n) is 5.19. The van der Waals surface area contributed by atoms with E-state index in [-0.39, 0.29) is 12.4 Å². The summed E-state index contributed by atoms with van der Waals surface area (Å²) < 4.78 is 59.2. The van der Waals surface area contributed by atoms with E-state index in [1.807, 2.05) is 0 Å². The first-order valence-electron chi connectivity index (χ1n) is 1.82. The maximum absolute atomic E-state index is 10.7. The number of amidine groups is 1. The van der Waals surface area contributed by atoms with Crippen LogP contribution >= 0.6 is 7.81 Å². The maximum Gasteiger partial charge on any atom is 0.435 e. The average molecular weight is 241 g/mol. The molecule has 80 valence electrons. The molecule has 0 saturated heterocycles. The van der Waals surface area contributed by atoms with E-state index in [1.165, 1.54) is 0 Å². The molecule has 0 unspecified atom stereocenters. The van der Waals surface area contributed by atoms with E-state index < -0.39 is 13.8 Å². The molecule has 5 N–H and O–H groups in total. The molecule has 11 heteroatoms. The first kappa shape index (κ1) is 17.6. The molecular weight excluding hydrogens is 236 g/mol. The minimum Gasteiger partial charge on any atom is -1.00 e. The summed E-state index contributed by atoms with van der Waals surface area (Å²) in [5.41, 5.74) is 4.36. The Bertz CT molecular complexity index is 143. The van der Waals surface area contributed by atoms with Crippen molar-refractivity contribution in [2.75, 3.05) is 0 Å². The van der Waals surface area contributed by atoms with Crippen LogP contribution in [0, 0.1) is 0 Å². The molecule has 0 aliphatic heterocycles. The molecule has 0 heterocycles. The minimum absolute atomic E-state index is 0. The van der Waals surface area contributed by atoms with Crippen molar-refractivity contribution in [3.05, 3.63) is 0 Å². The van der Waals surface area contributed by atoms with Crippen LogP contribution in [0.5, 0.6) is 0 Å². The molecule has 0 rings (SSSR count). The second-order valence-electron chi connectivity index (χ2n) is 1.38. The summed E-state index contributed by atoms with van der Waals surface area (Å²) in [6.07, 6.45) is 0. The third kappa shape index (κ3) is 3800. The van der Waals surface area contributed by atoms with Gasteiger partial charge in [0.2, 0.25) is 0 Å². The Morgan fingerprint density at radius 2 is 1.08 bits per heavy atom. The molecule has 0 radical (unpaired) electrons. The topological polar surface area (TPSA) is 71.8 Å². The van der Waals surface area contributed by atoms with E-state index >= 15 is 0 Å². The largest absolute Gasteiger partial charge is 1.00 e. The zero-order chi connectivity index (χ0) is 9.99. The fraction of sp³-hybridized carbons (Fsp3) is 0. The molecule has 0 aromatic carbocycles. The normalized spacial score (nSPS) is 15.5. The van der Waals surface area contributed by atoms with Crippen molar-refractivity contribution in [2.24, 2.45) is 5.73 Å². The summed E-state index contributed by atoms with van der Waals surface area (Å²) in [5, 5.41) is 11.9. The third-order valence-electron chi connectivity index (χ3n) is 0. The van der Waals surface area contributed by atoms with E-state index in [4.69, 9.17) is 5.11 Å². The summed E-state index contributed by atoms with van der Waals surface area (Å²) >= 11 is 0. The first-order chi connectivity index (χ1) is 4.18. The summed E-state index contributed by atoms with van der Waals surface area (Å²) in [6.45, 7) is 0. The van der Waals surface area contributed by atoms with Gasteiger partial charge in [0.15, 0.2) is 0 Å². The van der Waals surface area contributed by atoms with Gasteiger partial charge in [-0.3, -0.25) is 11.1 Å². The first-order valence-corrected chi connectivity index (χ1v) is 3.84. The van der Waals surface area contributed by atoms with Gasteiger partial charge in [0.05, 0.1) is 0 Å². The molecule has 12 heavy (non-hydrogen) atoms. The zero-order valence-corrected chi connectivity index (χ0v) is 6.85. The van der Waals surface area contributed by atoms with Crippen LogP contribution in [-0.4, -0.2) is 11.1 Å². The Balaban J connectivity index is -0.000000142. The second-order valence-corrected chi connectivity index (χ2v) is 3.30. The summed E-state index contributed by atoms with van der Waals surface area (Å²) in [7, 11) is -10.7. The van der Waals surface area contributed by atoms with Crippen LogP contribution in [0.25, 0.3) is 0 Å². The average Bonchev–Trinajstić information content (AvgIpc) is 1.11. The van der Waals surface area contributed by atoms with E-state index in [2.05, 4.69) is 11.1 Å². The molecule has 0 aliphatic rings. The van der Waals surface area contributed by atoms with Gasteiger partial charge >= 0.3 is 39.0 Å². The van der Waals surface area contributed by atoms with E-state index in [0.29, 0.717) is 0 Å². The van der Waals surface area contributed by atoms with Gasteiger partial charge < -0.3 is 17.5 Å². The number of hydrogen-bond acceptors (Lipinski definition) is 0. The molecular formula is CH5ClF6N2OP-. The van der Waals surface area contributed by atoms with Crippen LogP contribution in [0.15, 0.2) is 0 Å². The molecule has 0 aliphatic carbocycles. The van der Waals surface area contributed by atoms with Gasteiger partial charge in [-0.05, 0) is 0 Å². The van der Waals surface area contributed by atoms with E-state index in [1.54, 1.807) is 0 Å². The Hall–Kier alpha value is -0.430. The van der Waals surface area contributed by atoms with Gasteiger partial charge in [-0.15, -0.1) is 0 Å². The number of hydrogen-bond donors (Lipinski definition) is 3. The van der Waals surface area contributed by atoms with Crippen molar-refractivity contribution in [3.8, 4) is 0 Å². The van der Waals surface area contributed by atoms with Gasteiger partial charge in [-0.25, -0.2) is 0 Å². The number of nitrogens with two attached hydrogens (primary N) is 2. The van der Waals surface area contributed by atoms with Crippen LogP contribution in [0.2, 0.25) is 0 Å². The summed E-state index contributed by atoms with van der Waals surface area (Å²) in [5.74, 6) is 0. The van der Waals surface area contributed by atoms with Crippen molar-refractivity contribution in [1.29, 1.82) is 0 Å². The molecule has 0 amide bonds. The molecule has 0 spiro atoms. The molecule has 0 bridgehead atoms. The van der Waals surface area contributed by atoms with Crippen LogP contribution in [-0.2, 0) is 0 Å². The predicted octanol–water partition coefficient (Wildman–Crippen LogP) is -2.00. The quantitative estimate of drug-likeness (QED) is 0.199. The van der Waals surface area contributed by atoms with Crippen LogP contribution in [0.4, 0.5) is 25.2 Å². The Labute approximate surface area is 68.7 Å². The van der Waals surface area contributed by atoms with E-state index in [0.717, 1.165) is 0 Å². The van der Waals surface area contributed by atoms with E-state index in [9.17, 15) is 25.2 Å². The monoisotopic (exact) mass is 241 g/mol. The second kappa shape index (κ2) is 3.14. The molecule has 0 aromatic heterocycles. The SMILES string of the molecule is F[P-](F)(F)(F)(F)F.NC(=[NH2+])O.[Cl-]. The van der Waals surface area contributed by atoms with Gasteiger partial charge in [0, 0.05) is 0 Å². The predicted molar refractivity (Wildman–Crippen MR) is 27.3 cm³/mol. The number of aliphatic hydroxyl groups excluding tert-OH is 1. The summed E-state index contributed by atoms with van der Waals surface area (Å²) in [4.78, 5) is 0. The standard InChI is InChI=1S/CH4N2O.ClH.F6P/c2-1(3)4;;1-7(2,3,4,5)6/h(H4,2,3,4);1H;/q;;-1. The Morgan fingerprint density at radius 3 is 1.08 bits per heavy atom. The van der Waals surface area contributed by atoms with Crippen LogP contribution in [0.3, 0.4) is 0 Å². The van der Waals surface area contributed by atoms with Crippen molar-refractivity contribution in [2.45, 2.75) is 0 Å².